The van der Waals surface area contributed by atoms with Gasteiger partial charge >= 0.3 is 5.97 Å². The summed E-state index contributed by atoms with van der Waals surface area (Å²) >= 11 is 1.24. The summed E-state index contributed by atoms with van der Waals surface area (Å²) in [5.41, 5.74) is 0. The van der Waals surface area contributed by atoms with Crippen molar-refractivity contribution in [2.45, 2.75) is 134 Å². The number of carboxylic acid groups (broad SMARTS) is 1. The Balaban J connectivity index is 0.000000447. The summed E-state index contributed by atoms with van der Waals surface area (Å²) in [7, 11) is 0. The standard InChI is InChI=1S/C14H24N2O8S.C11H19NO6.C9H16O5/c1-3-6-9(18)11(24-14(23)10(6)19)12(20)15-4-8(17)16-7(5-25-2)13(21)22;1-3-6-7(14)9(18-11(17)8(6)15)10(16)12-4-5(2)13;1-3-5-6(11)8(4(2)10)14-9(13)7(5)12/h6-7,9-11,14,18-19,23H,3-5H2,1-2H3,(H,15,20)(H,16,17)(H,21,22);6-9,11,14-15,17H,3-4H2,1-2H3,(H,12,16);5-9,11-13H,3H2,1-2H3/t6-,7-,9-,10?,11?,14?;6-,7-,8?,9?,11?;5-,6-,7?,8?,9?/m000/s1. The second-order valence-corrected chi connectivity index (χ2v) is 14.6. The summed E-state index contributed by atoms with van der Waals surface area (Å²) in [6, 6.07) is -1.09. The number of aliphatic carboxylic acids is 1. The molecule has 0 radical (unpaired) electrons. The maximum absolute atomic E-state index is 12.1. The number of nitrogens with one attached hydrogen (secondary N) is 3. The van der Waals surface area contributed by atoms with Crippen molar-refractivity contribution in [1.29, 1.82) is 0 Å². The van der Waals surface area contributed by atoms with E-state index in [1.165, 1.54) is 25.6 Å². The van der Waals surface area contributed by atoms with Crippen molar-refractivity contribution in [3.8, 4) is 0 Å². The molecule has 3 fully saturated rings. The molecule has 3 amide bonds. The highest BCUT2D eigenvalue weighted by Crippen LogP contribution is 2.30. The number of carboxylic acids is 1. The molecule has 57 heavy (non-hydrogen) atoms. The molecule has 0 bridgehead atoms. The molecule has 3 aliphatic heterocycles. The van der Waals surface area contributed by atoms with Crippen molar-refractivity contribution in [2.24, 2.45) is 17.8 Å². The van der Waals surface area contributed by atoms with Gasteiger partial charge < -0.3 is 81.2 Å². The second-order valence-electron chi connectivity index (χ2n) is 13.7. The van der Waals surface area contributed by atoms with Gasteiger partial charge in [0.25, 0.3) is 11.8 Å². The van der Waals surface area contributed by atoms with Gasteiger partial charge in [-0.15, -0.1) is 0 Å². The molecular formula is C34H59N3O19S. The van der Waals surface area contributed by atoms with Crippen molar-refractivity contribution in [2.75, 3.05) is 25.1 Å². The van der Waals surface area contributed by atoms with Crippen LogP contribution in [-0.4, -0.2) is 191 Å². The minimum Gasteiger partial charge on any atom is -0.480 e. The Morgan fingerprint density at radius 3 is 1.25 bits per heavy atom. The molecule has 13 N–H and O–H groups in total. The van der Waals surface area contributed by atoms with Crippen LogP contribution in [0.4, 0.5) is 0 Å². The van der Waals surface area contributed by atoms with E-state index in [2.05, 4.69) is 16.0 Å². The Hall–Kier alpha value is -2.91. The van der Waals surface area contributed by atoms with Crippen LogP contribution in [0.3, 0.4) is 0 Å². The number of carbonyl (C=O) groups is 6. The first-order chi connectivity index (χ1) is 26.6. The average Bonchev–Trinajstić information content (AvgIpc) is 3.15. The van der Waals surface area contributed by atoms with Crippen LogP contribution < -0.4 is 16.0 Å². The van der Waals surface area contributed by atoms with E-state index in [9.17, 15) is 74.7 Å². The summed E-state index contributed by atoms with van der Waals surface area (Å²) in [6.45, 7) is 7.08. The molecule has 3 heterocycles. The van der Waals surface area contributed by atoms with Gasteiger partial charge in [-0.2, -0.15) is 11.8 Å². The minimum atomic E-state index is -1.63. The van der Waals surface area contributed by atoms with E-state index in [1.807, 2.05) is 0 Å². The summed E-state index contributed by atoms with van der Waals surface area (Å²) < 4.78 is 14.6. The monoisotopic (exact) mass is 845 g/mol. The number of carbonyl (C=O) groups excluding carboxylic acids is 5. The van der Waals surface area contributed by atoms with Gasteiger partial charge in [0, 0.05) is 23.5 Å². The number of hydrogen-bond donors (Lipinski definition) is 13. The quantitative estimate of drug-likeness (QED) is 0.0776. The van der Waals surface area contributed by atoms with Crippen molar-refractivity contribution in [3.63, 3.8) is 0 Å². The van der Waals surface area contributed by atoms with Crippen LogP contribution in [0.25, 0.3) is 0 Å². The molecule has 3 rings (SSSR count). The first-order valence-corrected chi connectivity index (χ1v) is 19.6. The van der Waals surface area contributed by atoms with Crippen LogP contribution in [0.15, 0.2) is 0 Å². The minimum absolute atomic E-state index is 0.166. The molecule has 16 atom stereocenters. The van der Waals surface area contributed by atoms with Crippen molar-refractivity contribution in [1.82, 2.24) is 16.0 Å². The highest BCUT2D eigenvalue weighted by atomic mass is 32.2. The predicted molar refractivity (Wildman–Crippen MR) is 195 cm³/mol. The van der Waals surface area contributed by atoms with Gasteiger partial charge in [-0.1, -0.05) is 20.8 Å². The van der Waals surface area contributed by atoms with Crippen LogP contribution >= 0.6 is 11.8 Å². The van der Waals surface area contributed by atoms with E-state index in [0.29, 0.717) is 19.3 Å². The molecule has 330 valence electrons. The molecule has 0 aromatic heterocycles. The van der Waals surface area contributed by atoms with Gasteiger partial charge in [-0.25, -0.2) is 4.79 Å². The molecule has 0 aromatic rings. The zero-order chi connectivity index (χ0) is 43.9. The number of ether oxygens (including phenoxy) is 3. The summed E-state index contributed by atoms with van der Waals surface area (Å²) in [5, 5.41) is 103. The smallest absolute Gasteiger partial charge is 0.327 e. The molecule has 0 saturated carbocycles. The van der Waals surface area contributed by atoms with E-state index in [4.69, 9.17) is 19.3 Å². The van der Waals surface area contributed by atoms with Crippen molar-refractivity contribution < 1.29 is 94.0 Å². The van der Waals surface area contributed by atoms with Crippen LogP contribution in [0.5, 0.6) is 0 Å². The number of aliphatic hydroxyl groups is 9. The average molecular weight is 846 g/mol. The molecule has 3 aliphatic rings. The highest BCUT2D eigenvalue weighted by molar-refractivity contribution is 7.98. The molecule has 22 nitrogen and oxygen atoms in total. The zero-order valence-electron chi connectivity index (χ0n) is 32.5. The highest BCUT2D eigenvalue weighted by Gasteiger charge is 2.47. The Kier molecular flexibility index (Phi) is 22.7. The molecule has 3 saturated heterocycles. The van der Waals surface area contributed by atoms with Gasteiger partial charge in [0.15, 0.2) is 36.9 Å². The molecular weight excluding hydrogens is 786 g/mol. The lowest BCUT2D eigenvalue weighted by Gasteiger charge is -2.39. The van der Waals surface area contributed by atoms with Crippen LogP contribution in [-0.2, 0) is 43.0 Å². The SMILES string of the molecule is CC[C@@H]1C(O)C(O)OC(C(=O)NCC(=O)N[C@@H](CSC)C(=O)O)[C@H]1O.CC[C@@H]1C(O)C(O)OC(C(=O)NCC(C)=O)[C@H]1O.CC[C@@H]1C(O)C(O)OC(C(C)=O)[C@H]1O. The van der Waals surface area contributed by atoms with Crippen LogP contribution in [0.1, 0.15) is 53.9 Å². The van der Waals surface area contributed by atoms with Crippen molar-refractivity contribution >= 4 is 47.0 Å². The van der Waals surface area contributed by atoms with E-state index in [-0.39, 0.29) is 23.9 Å². The number of aliphatic hydroxyl groups excluding tert-OH is 9. The Bertz CT molecular complexity index is 1330. The number of hydrogen-bond acceptors (Lipinski definition) is 19. The molecule has 9 unspecified atom stereocenters. The predicted octanol–water partition coefficient (Wildman–Crippen LogP) is -5.30. The van der Waals surface area contributed by atoms with Gasteiger partial charge in [0.1, 0.15) is 36.2 Å². The fraction of sp³-hybridized carbons (Fsp3) is 0.824. The molecule has 0 spiro atoms. The van der Waals surface area contributed by atoms with E-state index in [0.717, 1.165) is 0 Å². The van der Waals surface area contributed by atoms with Gasteiger partial charge in [-0.3, -0.25) is 24.0 Å². The first-order valence-electron chi connectivity index (χ1n) is 18.2. The summed E-state index contributed by atoms with van der Waals surface area (Å²) in [5.74, 6) is -5.77. The lowest BCUT2D eigenvalue weighted by molar-refractivity contribution is -0.263. The van der Waals surface area contributed by atoms with Crippen LogP contribution in [0.2, 0.25) is 0 Å². The Morgan fingerprint density at radius 2 is 0.930 bits per heavy atom. The molecule has 0 aromatic carbocycles. The molecule has 23 heteroatoms. The lowest BCUT2D eigenvalue weighted by atomic mass is 9.86. The Labute approximate surface area is 333 Å². The van der Waals surface area contributed by atoms with E-state index >= 15 is 0 Å². The summed E-state index contributed by atoms with van der Waals surface area (Å²) in [4.78, 5) is 68.3. The Morgan fingerprint density at radius 1 is 0.579 bits per heavy atom. The molecule has 0 aliphatic carbocycles. The summed E-state index contributed by atoms with van der Waals surface area (Å²) in [6.07, 6.45) is -12.7. The van der Waals surface area contributed by atoms with Crippen molar-refractivity contribution in [3.05, 3.63) is 0 Å². The maximum atomic E-state index is 12.1. The number of ketones is 2. The maximum Gasteiger partial charge on any atom is 0.327 e. The third-order valence-electron chi connectivity index (χ3n) is 9.53. The first kappa shape index (κ1) is 52.1. The van der Waals surface area contributed by atoms with E-state index in [1.54, 1.807) is 27.0 Å². The van der Waals surface area contributed by atoms with Gasteiger partial charge in [0.05, 0.1) is 31.4 Å². The number of Topliss-reactive ketones (excluding diaryl/α,β-unsaturated/α-hetero) is 2. The topological polar surface area (TPSA) is 368 Å². The zero-order valence-corrected chi connectivity index (χ0v) is 33.4. The van der Waals surface area contributed by atoms with E-state index < -0.39 is 128 Å². The van der Waals surface area contributed by atoms with Gasteiger partial charge in [-0.05, 0) is 39.4 Å². The fourth-order valence-corrected chi connectivity index (χ4v) is 6.79. The van der Waals surface area contributed by atoms with Gasteiger partial charge in [0.2, 0.25) is 5.91 Å². The van der Waals surface area contributed by atoms with Crippen LogP contribution in [0, 0.1) is 17.8 Å². The third-order valence-corrected chi connectivity index (χ3v) is 10.2. The normalized spacial score (nSPS) is 35.5. The second kappa shape index (κ2) is 24.9. The largest absolute Gasteiger partial charge is 0.480 e. The fourth-order valence-electron chi connectivity index (χ4n) is 6.23. The lowest BCUT2D eigenvalue weighted by Crippen LogP contribution is -2.59. The number of rotatable bonds is 14. The number of thioether (sulfide) groups is 1. The third kappa shape index (κ3) is 15.0. The number of amides is 3.